The highest BCUT2D eigenvalue weighted by Gasteiger charge is 2.06. The van der Waals surface area contributed by atoms with Gasteiger partial charge in [0.15, 0.2) is 5.11 Å². The van der Waals surface area contributed by atoms with Crippen molar-refractivity contribution in [2.75, 3.05) is 18.1 Å². The Labute approximate surface area is 207 Å². The van der Waals surface area contributed by atoms with Crippen molar-refractivity contribution >= 4 is 46.7 Å². The zero-order valence-corrected chi connectivity index (χ0v) is 22.8. The summed E-state index contributed by atoms with van der Waals surface area (Å²) in [5, 5.41) is 9.02. The van der Waals surface area contributed by atoms with Crippen LogP contribution in [0.15, 0.2) is 47.1 Å². The van der Waals surface area contributed by atoms with Crippen LogP contribution >= 0.6 is 36.2 Å². The fourth-order valence-corrected chi connectivity index (χ4v) is 4.41. The van der Waals surface area contributed by atoms with Crippen LogP contribution in [-0.4, -0.2) is 34.6 Å². The van der Waals surface area contributed by atoms with Crippen molar-refractivity contribution in [3.05, 3.63) is 47.1 Å². The third-order valence-electron chi connectivity index (χ3n) is 4.82. The van der Waals surface area contributed by atoms with Crippen molar-refractivity contribution in [2.24, 2.45) is 0 Å². The van der Waals surface area contributed by atoms with Crippen LogP contribution in [0.4, 0.5) is 0 Å². The first-order valence-electron chi connectivity index (χ1n) is 11.5. The van der Waals surface area contributed by atoms with Crippen molar-refractivity contribution in [3.63, 3.8) is 0 Å². The summed E-state index contributed by atoms with van der Waals surface area (Å²) in [6.07, 6.45) is 14.8. The van der Waals surface area contributed by atoms with Gasteiger partial charge >= 0.3 is 0 Å². The molecule has 0 rings (SSSR count). The maximum atomic E-state index is 5.39. The number of hydrogen-bond donors (Lipinski definition) is 2. The summed E-state index contributed by atoms with van der Waals surface area (Å²) < 4.78 is 0. The monoisotopic (exact) mass is 480 g/mol. The average Bonchev–Trinajstić information content (AvgIpc) is 2.70. The highest BCUT2D eigenvalue weighted by molar-refractivity contribution is 7.99. The third kappa shape index (κ3) is 19.5. The van der Waals surface area contributed by atoms with E-state index in [4.69, 9.17) is 24.4 Å². The Hall–Kier alpha value is -0.910. The van der Waals surface area contributed by atoms with E-state index in [0.29, 0.717) is 5.11 Å². The van der Waals surface area contributed by atoms with Crippen LogP contribution in [0.1, 0.15) is 79.6 Å². The van der Waals surface area contributed by atoms with Crippen LogP contribution in [0.3, 0.4) is 0 Å². The van der Waals surface area contributed by atoms with Gasteiger partial charge in [0.2, 0.25) is 0 Å². The summed E-state index contributed by atoms with van der Waals surface area (Å²) in [7, 11) is 0. The Morgan fingerprint density at radius 2 is 1.61 bits per heavy atom. The first kappa shape index (κ1) is 30.1. The molecule has 0 spiro atoms. The van der Waals surface area contributed by atoms with Gasteiger partial charge in [-0.05, 0) is 78.4 Å². The van der Waals surface area contributed by atoms with Gasteiger partial charge in [-0.1, -0.05) is 72.7 Å². The smallest absolute Gasteiger partial charge is 0.166 e. The summed E-state index contributed by atoms with van der Waals surface area (Å²) in [6.45, 7) is 15.9. The van der Waals surface area contributed by atoms with E-state index in [-0.39, 0.29) is 6.04 Å². The molecule has 0 saturated carbocycles. The average molecular weight is 481 g/mol. The van der Waals surface area contributed by atoms with Crippen LogP contribution < -0.4 is 10.6 Å². The maximum absolute atomic E-state index is 5.39. The zero-order chi connectivity index (χ0) is 23.5. The molecule has 0 aliphatic rings. The molecule has 31 heavy (non-hydrogen) atoms. The van der Waals surface area contributed by atoms with Crippen LogP contribution in [0.25, 0.3) is 0 Å². The number of rotatable bonds is 17. The lowest BCUT2D eigenvalue weighted by atomic mass is 10.1. The molecular formula is C26H44N2S3. The lowest BCUT2D eigenvalue weighted by Crippen LogP contribution is -2.44. The van der Waals surface area contributed by atoms with Gasteiger partial charge in [0.05, 0.1) is 6.04 Å². The molecule has 0 radical (unpaired) electrons. The van der Waals surface area contributed by atoms with Gasteiger partial charge in [-0.15, -0.1) is 0 Å². The second kappa shape index (κ2) is 19.8. The van der Waals surface area contributed by atoms with Crippen molar-refractivity contribution in [1.29, 1.82) is 0 Å². The molecule has 0 aromatic heterocycles. The predicted octanol–water partition coefficient (Wildman–Crippen LogP) is 7.72. The molecule has 2 N–H and O–H groups in total. The summed E-state index contributed by atoms with van der Waals surface area (Å²) in [5.74, 6) is 1.93. The van der Waals surface area contributed by atoms with Crippen molar-refractivity contribution in [3.8, 4) is 0 Å². The molecule has 0 aromatic rings. The Morgan fingerprint density at radius 3 is 2.23 bits per heavy atom. The molecule has 0 amide bonds. The number of nitrogens with one attached hydrogen (secondary N) is 2. The van der Waals surface area contributed by atoms with E-state index in [9.17, 15) is 0 Å². The minimum absolute atomic E-state index is 0.110. The molecule has 1 unspecified atom stereocenters. The Balaban J connectivity index is 4.05. The van der Waals surface area contributed by atoms with Crippen LogP contribution in [0.2, 0.25) is 0 Å². The number of allylic oxidation sites excluding steroid dienone is 5. The lowest BCUT2D eigenvalue weighted by molar-refractivity contribution is 0.768. The minimum atomic E-state index is 0.110. The van der Waals surface area contributed by atoms with E-state index in [2.05, 4.69) is 70.1 Å². The highest BCUT2D eigenvalue weighted by Crippen LogP contribution is 2.13. The van der Waals surface area contributed by atoms with E-state index in [1.807, 2.05) is 11.8 Å². The minimum Gasteiger partial charge on any atom is -0.362 e. The molecular weight excluding hydrogens is 437 g/mol. The van der Waals surface area contributed by atoms with Gasteiger partial charge in [0.25, 0.3) is 0 Å². The summed E-state index contributed by atoms with van der Waals surface area (Å²) in [4.78, 5) is 0. The van der Waals surface area contributed by atoms with E-state index in [1.54, 1.807) is 5.37 Å². The quantitative estimate of drug-likeness (QED) is 0.126. The van der Waals surface area contributed by atoms with Gasteiger partial charge in [0.1, 0.15) is 0 Å². The second-order valence-corrected chi connectivity index (χ2v) is 10.1. The van der Waals surface area contributed by atoms with Gasteiger partial charge < -0.3 is 10.6 Å². The van der Waals surface area contributed by atoms with Crippen LogP contribution in [0.5, 0.6) is 0 Å². The van der Waals surface area contributed by atoms with Gasteiger partial charge in [-0.25, -0.2) is 0 Å². The molecule has 0 bridgehead atoms. The summed E-state index contributed by atoms with van der Waals surface area (Å²) in [5.41, 5.74) is 5.63. The molecule has 5 heteroatoms. The molecule has 0 aromatic carbocycles. The molecule has 0 heterocycles. The molecule has 2 nitrogen and oxygen atoms in total. The van der Waals surface area contributed by atoms with Gasteiger partial charge in [0, 0.05) is 23.4 Å². The molecule has 0 fully saturated rings. The van der Waals surface area contributed by atoms with Crippen molar-refractivity contribution in [1.82, 2.24) is 10.6 Å². The second-order valence-electron chi connectivity index (χ2n) is 8.39. The predicted molar refractivity (Wildman–Crippen MR) is 153 cm³/mol. The lowest BCUT2D eigenvalue weighted by Gasteiger charge is -2.17. The van der Waals surface area contributed by atoms with Crippen LogP contribution in [0, 0.1) is 0 Å². The van der Waals surface area contributed by atoms with Crippen LogP contribution in [-0.2, 0) is 0 Å². The molecule has 0 aliphatic carbocycles. The molecule has 0 aliphatic heterocycles. The molecule has 1 atom stereocenters. The van der Waals surface area contributed by atoms with E-state index >= 15 is 0 Å². The number of thiocarbonyl (C=S) groups is 2. The fraction of sp³-hybridized carbons (Fsp3) is 0.615. The number of thioether (sulfide) groups is 1. The first-order chi connectivity index (χ1) is 14.8. The summed E-state index contributed by atoms with van der Waals surface area (Å²) in [6, 6.07) is 0.110. The Kier molecular flexibility index (Phi) is 19.2. The van der Waals surface area contributed by atoms with Gasteiger partial charge in [-0.3, -0.25) is 0 Å². The topological polar surface area (TPSA) is 24.1 Å². The van der Waals surface area contributed by atoms with E-state index in [0.717, 1.165) is 56.6 Å². The SMILES string of the molecule is C=C(CCC)CCNC(=S)NC(C=S)CSC/C=C(\C)CC/C=C(\C)CCC=C(C)C. The standard InChI is InChI=1S/C26H44N2S3/c1-7-10-22(4)15-17-27-26(30)28-25(19-29)20-31-18-16-24(6)14-9-13-23(5)12-8-11-21(2)3/h11,13,16,19,25H,4,7-10,12,14-15,17-18,20H2,1-3,5-6H3,(H2,27,28,30)/b23-13+,24-16+. The first-order valence-corrected chi connectivity index (χ1v) is 13.5. The Bertz CT molecular complexity index is 629. The normalized spacial score (nSPS) is 12.8. The van der Waals surface area contributed by atoms with Gasteiger partial charge in [-0.2, -0.15) is 11.8 Å². The highest BCUT2D eigenvalue weighted by atomic mass is 32.2. The molecule has 0 saturated heterocycles. The summed E-state index contributed by atoms with van der Waals surface area (Å²) >= 11 is 12.5. The fourth-order valence-electron chi connectivity index (χ4n) is 2.90. The third-order valence-corrected chi connectivity index (χ3v) is 6.41. The largest absolute Gasteiger partial charge is 0.362 e. The number of hydrogen-bond acceptors (Lipinski definition) is 3. The Morgan fingerprint density at radius 1 is 0.968 bits per heavy atom. The maximum Gasteiger partial charge on any atom is 0.166 e. The zero-order valence-electron chi connectivity index (χ0n) is 20.4. The van der Waals surface area contributed by atoms with E-state index in [1.165, 1.54) is 28.7 Å². The molecule has 176 valence electrons. The van der Waals surface area contributed by atoms with Crippen molar-refractivity contribution in [2.45, 2.75) is 85.6 Å². The van der Waals surface area contributed by atoms with E-state index < -0.39 is 0 Å². The van der Waals surface area contributed by atoms with Crippen molar-refractivity contribution < 1.29 is 0 Å².